The highest BCUT2D eigenvalue weighted by Gasteiger charge is 2.69. The molecule has 3 fully saturated rings. The van der Waals surface area contributed by atoms with Crippen LogP contribution in [0.4, 0.5) is 0 Å². The molecule has 0 aliphatic heterocycles. The SMILES string of the molecule is O=S(=O)(Cl)CC12CC(c3c(Cl)cccc3Cl)(C1)C2. The Labute approximate surface area is 121 Å². The van der Waals surface area contributed by atoms with Gasteiger partial charge in [-0.05, 0) is 47.8 Å². The number of rotatable bonds is 3. The van der Waals surface area contributed by atoms with E-state index in [4.69, 9.17) is 33.9 Å². The van der Waals surface area contributed by atoms with E-state index < -0.39 is 9.05 Å². The van der Waals surface area contributed by atoms with E-state index in [2.05, 4.69) is 0 Å². The maximum atomic E-state index is 11.2. The Kier molecular flexibility index (Phi) is 2.74. The van der Waals surface area contributed by atoms with Crippen LogP contribution in [0.3, 0.4) is 0 Å². The number of hydrogen-bond donors (Lipinski definition) is 0. The van der Waals surface area contributed by atoms with E-state index in [-0.39, 0.29) is 16.6 Å². The van der Waals surface area contributed by atoms with Crippen molar-refractivity contribution < 1.29 is 8.42 Å². The number of benzene rings is 1. The van der Waals surface area contributed by atoms with Crippen LogP contribution >= 0.6 is 33.9 Å². The van der Waals surface area contributed by atoms with Gasteiger partial charge in [0.15, 0.2) is 0 Å². The molecule has 6 heteroatoms. The van der Waals surface area contributed by atoms with Gasteiger partial charge >= 0.3 is 0 Å². The Hall–Kier alpha value is 0.0400. The molecule has 2 nitrogen and oxygen atoms in total. The predicted molar refractivity (Wildman–Crippen MR) is 74.1 cm³/mol. The molecule has 18 heavy (non-hydrogen) atoms. The van der Waals surface area contributed by atoms with Gasteiger partial charge in [0.2, 0.25) is 9.05 Å². The average Bonchev–Trinajstić information content (AvgIpc) is 2.09. The summed E-state index contributed by atoms with van der Waals surface area (Å²) >= 11 is 12.4. The summed E-state index contributed by atoms with van der Waals surface area (Å²) in [7, 11) is 1.90. The molecule has 0 unspecified atom stereocenters. The van der Waals surface area contributed by atoms with Crippen LogP contribution in [0, 0.1) is 5.41 Å². The summed E-state index contributed by atoms with van der Waals surface area (Å²) in [5.74, 6) is 0.0609. The third kappa shape index (κ3) is 1.87. The Bertz CT molecular complexity index is 584. The number of hydrogen-bond acceptors (Lipinski definition) is 2. The topological polar surface area (TPSA) is 34.1 Å². The zero-order valence-electron chi connectivity index (χ0n) is 9.42. The quantitative estimate of drug-likeness (QED) is 0.788. The van der Waals surface area contributed by atoms with Gasteiger partial charge in [-0.25, -0.2) is 8.42 Å². The molecule has 1 aromatic carbocycles. The lowest BCUT2D eigenvalue weighted by atomic mass is 9.34. The van der Waals surface area contributed by atoms with E-state index in [1.807, 2.05) is 18.2 Å². The van der Waals surface area contributed by atoms with Crippen LogP contribution in [0.2, 0.25) is 10.0 Å². The molecule has 3 aliphatic rings. The monoisotopic (exact) mass is 324 g/mol. The predicted octanol–water partition coefficient (Wildman–Crippen LogP) is 3.98. The van der Waals surface area contributed by atoms with Crippen LogP contribution in [0.1, 0.15) is 24.8 Å². The van der Waals surface area contributed by atoms with Crippen molar-refractivity contribution in [3.05, 3.63) is 33.8 Å². The van der Waals surface area contributed by atoms with Crippen molar-refractivity contribution in [2.24, 2.45) is 5.41 Å². The highest BCUT2D eigenvalue weighted by Crippen LogP contribution is 2.75. The maximum Gasteiger partial charge on any atom is 0.233 e. The van der Waals surface area contributed by atoms with Crippen LogP contribution in [-0.2, 0) is 14.5 Å². The first-order chi connectivity index (χ1) is 8.25. The lowest BCUT2D eigenvalue weighted by molar-refractivity contribution is -0.122. The lowest BCUT2D eigenvalue weighted by Crippen LogP contribution is -2.66. The summed E-state index contributed by atoms with van der Waals surface area (Å²) in [5, 5.41) is 1.34. The molecule has 0 amide bonds. The Morgan fingerprint density at radius 2 is 1.61 bits per heavy atom. The molecule has 0 saturated heterocycles. The van der Waals surface area contributed by atoms with Crippen LogP contribution in [0.15, 0.2) is 18.2 Å². The summed E-state index contributed by atoms with van der Waals surface area (Å²) in [5.41, 5.74) is 0.822. The molecular weight excluding hydrogens is 315 g/mol. The molecule has 4 rings (SSSR count). The molecule has 1 aromatic rings. The molecule has 2 bridgehead atoms. The van der Waals surface area contributed by atoms with Gasteiger partial charge in [-0.15, -0.1) is 0 Å². The minimum Gasteiger partial charge on any atom is -0.212 e. The van der Waals surface area contributed by atoms with Crippen molar-refractivity contribution in [2.75, 3.05) is 5.75 Å². The standard InChI is InChI=1S/C12H11Cl3O2S/c13-8-2-1-3-9(14)10(8)12-4-11(5-12,6-12)7-18(15,16)17/h1-3H,4-7H2. The molecule has 98 valence electrons. The van der Waals surface area contributed by atoms with E-state index in [1.54, 1.807) is 0 Å². The Balaban J connectivity index is 1.85. The van der Waals surface area contributed by atoms with Crippen LogP contribution in [0.5, 0.6) is 0 Å². The van der Waals surface area contributed by atoms with Gasteiger partial charge in [-0.1, -0.05) is 29.3 Å². The molecular formula is C12H11Cl3O2S. The molecule has 0 spiro atoms. The van der Waals surface area contributed by atoms with Crippen LogP contribution in [0.25, 0.3) is 0 Å². The molecule has 3 saturated carbocycles. The Morgan fingerprint density at radius 3 is 2.06 bits per heavy atom. The van der Waals surface area contributed by atoms with Crippen LogP contribution in [-0.4, -0.2) is 14.2 Å². The second-order valence-corrected chi connectivity index (χ2v) is 9.18. The average molecular weight is 326 g/mol. The first-order valence-corrected chi connectivity index (χ1v) is 8.86. The summed E-state index contributed by atoms with van der Waals surface area (Å²) < 4.78 is 22.3. The van der Waals surface area contributed by atoms with Crippen molar-refractivity contribution in [3.8, 4) is 0 Å². The largest absolute Gasteiger partial charge is 0.233 e. The molecule has 0 aromatic heterocycles. The van der Waals surface area contributed by atoms with Gasteiger partial charge in [0.05, 0.1) is 5.75 Å². The summed E-state index contributed by atoms with van der Waals surface area (Å²) in [6, 6.07) is 5.47. The first kappa shape index (κ1) is 13.0. The van der Waals surface area contributed by atoms with E-state index in [9.17, 15) is 8.42 Å². The summed E-state index contributed by atoms with van der Waals surface area (Å²) in [6.07, 6.45) is 2.44. The molecule has 0 atom stereocenters. The van der Waals surface area contributed by atoms with Crippen molar-refractivity contribution in [1.29, 1.82) is 0 Å². The van der Waals surface area contributed by atoms with Gasteiger partial charge in [-0.2, -0.15) is 0 Å². The van der Waals surface area contributed by atoms with E-state index in [1.165, 1.54) is 0 Å². The molecule has 0 radical (unpaired) electrons. The van der Waals surface area contributed by atoms with Gasteiger partial charge in [0.1, 0.15) is 0 Å². The van der Waals surface area contributed by atoms with Gasteiger partial charge in [0, 0.05) is 20.7 Å². The smallest absolute Gasteiger partial charge is 0.212 e. The van der Waals surface area contributed by atoms with E-state index in [0.717, 1.165) is 24.8 Å². The van der Waals surface area contributed by atoms with Gasteiger partial charge < -0.3 is 0 Å². The van der Waals surface area contributed by atoms with Crippen LogP contribution < -0.4 is 0 Å². The lowest BCUT2D eigenvalue weighted by Gasteiger charge is -2.71. The molecule has 3 aliphatic carbocycles. The normalized spacial score (nSPS) is 33.7. The Morgan fingerprint density at radius 1 is 1.11 bits per heavy atom. The zero-order valence-corrected chi connectivity index (χ0v) is 12.5. The zero-order chi connectivity index (χ0) is 13.2. The first-order valence-electron chi connectivity index (χ1n) is 5.62. The van der Waals surface area contributed by atoms with Crippen molar-refractivity contribution in [2.45, 2.75) is 24.7 Å². The minimum absolute atomic E-state index is 0.0169. The second-order valence-electron chi connectivity index (χ2n) is 5.59. The van der Waals surface area contributed by atoms with E-state index >= 15 is 0 Å². The van der Waals surface area contributed by atoms with Gasteiger partial charge in [-0.3, -0.25) is 0 Å². The van der Waals surface area contributed by atoms with Gasteiger partial charge in [0.25, 0.3) is 0 Å². The number of halogens is 3. The fourth-order valence-corrected chi connectivity index (χ4v) is 6.32. The van der Waals surface area contributed by atoms with Crippen molar-refractivity contribution >= 4 is 42.9 Å². The van der Waals surface area contributed by atoms with Crippen molar-refractivity contribution in [1.82, 2.24) is 0 Å². The van der Waals surface area contributed by atoms with Crippen molar-refractivity contribution in [3.63, 3.8) is 0 Å². The maximum absolute atomic E-state index is 11.2. The fourth-order valence-electron chi connectivity index (χ4n) is 3.79. The molecule has 0 N–H and O–H groups in total. The molecule has 0 heterocycles. The minimum atomic E-state index is -3.43. The third-order valence-corrected chi connectivity index (χ3v) is 6.03. The fraction of sp³-hybridized carbons (Fsp3) is 0.500. The summed E-state index contributed by atoms with van der Waals surface area (Å²) in [4.78, 5) is 0. The second kappa shape index (κ2) is 3.78. The van der Waals surface area contributed by atoms with E-state index in [0.29, 0.717) is 10.0 Å². The highest BCUT2D eigenvalue weighted by atomic mass is 35.7. The highest BCUT2D eigenvalue weighted by molar-refractivity contribution is 8.13. The third-order valence-electron chi connectivity index (χ3n) is 4.11. The summed E-state index contributed by atoms with van der Waals surface area (Å²) in [6.45, 7) is 0.